The Labute approximate surface area is 194 Å². The van der Waals surface area contributed by atoms with Crippen molar-refractivity contribution in [1.82, 2.24) is 20.4 Å². The second-order valence-corrected chi connectivity index (χ2v) is 9.64. The Bertz CT molecular complexity index is 608. The van der Waals surface area contributed by atoms with E-state index in [0.717, 1.165) is 38.5 Å². The molecule has 2 rings (SSSR count). The van der Waals surface area contributed by atoms with Crippen LogP contribution in [0.4, 0.5) is 4.79 Å². The van der Waals surface area contributed by atoms with Gasteiger partial charge in [-0.1, -0.05) is 46.0 Å². The van der Waals surface area contributed by atoms with E-state index in [2.05, 4.69) is 10.6 Å². The highest BCUT2D eigenvalue weighted by Crippen LogP contribution is 2.19. The first-order valence-electron chi connectivity index (χ1n) is 12.7. The molecule has 3 atom stereocenters. The first-order chi connectivity index (χ1) is 15.4. The predicted octanol–water partition coefficient (Wildman–Crippen LogP) is 2.61. The van der Waals surface area contributed by atoms with Crippen LogP contribution in [0.3, 0.4) is 0 Å². The number of nitrogens with one attached hydrogen (secondary N) is 2. The van der Waals surface area contributed by atoms with Crippen LogP contribution in [0, 0.1) is 5.92 Å². The van der Waals surface area contributed by atoms with E-state index in [1.165, 1.54) is 19.3 Å². The minimum Gasteiger partial charge on any atom is -0.344 e. The summed E-state index contributed by atoms with van der Waals surface area (Å²) in [6, 6.07) is -0.309. The lowest BCUT2D eigenvalue weighted by Crippen LogP contribution is -2.61. The van der Waals surface area contributed by atoms with Crippen LogP contribution in [0.1, 0.15) is 85.0 Å². The number of rotatable bonds is 10. The van der Waals surface area contributed by atoms with E-state index in [0.29, 0.717) is 32.6 Å². The zero-order valence-corrected chi connectivity index (χ0v) is 20.4. The monoisotopic (exact) mass is 451 g/mol. The molecule has 1 heterocycles. The minimum absolute atomic E-state index is 0.0132. The van der Waals surface area contributed by atoms with Crippen molar-refractivity contribution in [2.75, 3.05) is 26.2 Å². The number of unbranched alkanes of at least 4 members (excludes halogenated alkanes) is 2. The van der Waals surface area contributed by atoms with Crippen molar-refractivity contribution >= 4 is 17.8 Å². The maximum Gasteiger partial charge on any atom is 0.317 e. The van der Waals surface area contributed by atoms with Gasteiger partial charge in [0.1, 0.15) is 6.04 Å². The highest BCUT2D eigenvalue weighted by molar-refractivity contribution is 5.88. The molecule has 2 aliphatic rings. The SMILES string of the molecule is CCC(C)C(NC(=O)CCCCCN)C(=O)N1CCN(C(=O)NC2CCCCC2)C(C)C1. The van der Waals surface area contributed by atoms with Gasteiger partial charge in [0.15, 0.2) is 0 Å². The summed E-state index contributed by atoms with van der Waals surface area (Å²) in [5, 5.41) is 6.18. The average Bonchev–Trinajstić information content (AvgIpc) is 2.79. The van der Waals surface area contributed by atoms with Crippen molar-refractivity contribution in [2.45, 2.75) is 103 Å². The highest BCUT2D eigenvalue weighted by Gasteiger charge is 2.35. The second kappa shape index (κ2) is 13.7. The molecule has 8 nitrogen and oxygen atoms in total. The molecule has 1 saturated carbocycles. The van der Waals surface area contributed by atoms with Crippen LogP contribution in [-0.4, -0.2) is 71.9 Å². The topological polar surface area (TPSA) is 108 Å². The Kier molecular flexibility index (Phi) is 11.3. The lowest BCUT2D eigenvalue weighted by Gasteiger charge is -2.42. The number of urea groups is 1. The number of hydrogen-bond donors (Lipinski definition) is 3. The summed E-state index contributed by atoms with van der Waals surface area (Å²) in [6.07, 6.45) is 9.58. The van der Waals surface area contributed by atoms with Crippen LogP contribution in [-0.2, 0) is 9.59 Å². The average molecular weight is 452 g/mol. The molecule has 1 aliphatic heterocycles. The Morgan fingerprint density at radius 1 is 1.06 bits per heavy atom. The van der Waals surface area contributed by atoms with Gasteiger partial charge in [-0.15, -0.1) is 0 Å². The molecule has 0 aromatic rings. The summed E-state index contributed by atoms with van der Waals surface area (Å²) >= 11 is 0. The normalized spacial score (nSPS) is 21.7. The van der Waals surface area contributed by atoms with E-state index in [1.54, 1.807) is 0 Å². The van der Waals surface area contributed by atoms with Crippen LogP contribution < -0.4 is 16.4 Å². The molecular weight excluding hydrogens is 406 g/mol. The van der Waals surface area contributed by atoms with Gasteiger partial charge in [0.25, 0.3) is 0 Å². The van der Waals surface area contributed by atoms with Gasteiger partial charge in [0, 0.05) is 38.1 Å². The zero-order chi connectivity index (χ0) is 23.5. The molecular formula is C24H45N5O3. The van der Waals surface area contributed by atoms with Gasteiger partial charge >= 0.3 is 6.03 Å². The number of nitrogens with zero attached hydrogens (tertiary/aromatic N) is 2. The number of piperazine rings is 1. The molecule has 184 valence electrons. The summed E-state index contributed by atoms with van der Waals surface area (Å²) in [7, 11) is 0. The largest absolute Gasteiger partial charge is 0.344 e. The molecule has 0 aromatic heterocycles. The van der Waals surface area contributed by atoms with Gasteiger partial charge in [-0.05, 0) is 45.1 Å². The van der Waals surface area contributed by atoms with Crippen molar-refractivity contribution in [3.8, 4) is 0 Å². The molecule has 0 spiro atoms. The zero-order valence-electron chi connectivity index (χ0n) is 20.4. The van der Waals surface area contributed by atoms with Crippen LogP contribution in [0.2, 0.25) is 0 Å². The van der Waals surface area contributed by atoms with E-state index in [4.69, 9.17) is 5.73 Å². The highest BCUT2D eigenvalue weighted by atomic mass is 16.2. The third-order valence-electron chi connectivity index (χ3n) is 7.04. The first kappa shape index (κ1) is 26.4. The second-order valence-electron chi connectivity index (χ2n) is 9.64. The number of carbonyl (C=O) groups is 3. The fourth-order valence-electron chi connectivity index (χ4n) is 4.70. The van der Waals surface area contributed by atoms with Gasteiger partial charge in [0.2, 0.25) is 11.8 Å². The number of amides is 4. The Morgan fingerprint density at radius 2 is 1.78 bits per heavy atom. The standard InChI is InChI=1S/C24H45N5O3/c1-4-18(2)22(27-21(30)13-9-6-10-14-25)23(31)28-15-16-29(19(3)17-28)24(32)26-20-11-7-5-8-12-20/h18-20,22H,4-17,25H2,1-3H3,(H,26,32)(H,27,30). The smallest absolute Gasteiger partial charge is 0.317 e. The van der Waals surface area contributed by atoms with E-state index in [-0.39, 0.29) is 35.8 Å². The minimum atomic E-state index is -0.517. The third kappa shape index (κ3) is 7.94. The van der Waals surface area contributed by atoms with E-state index in [1.807, 2.05) is 30.6 Å². The fourth-order valence-corrected chi connectivity index (χ4v) is 4.70. The predicted molar refractivity (Wildman–Crippen MR) is 127 cm³/mol. The van der Waals surface area contributed by atoms with Gasteiger partial charge in [-0.25, -0.2) is 4.79 Å². The Morgan fingerprint density at radius 3 is 2.41 bits per heavy atom. The van der Waals surface area contributed by atoms with Crippen LogP contribution >= 0.6 is 0 Å². The molecule has 4 N–H and O–H groups in total. The van der Waals surface area contributed by atoms with Gasteiger partial charge in [0.05, 0.1) is 0 Å². The number of carbonyl (C=O) groups excluding carboxylic acids is 3. The molecule has 3 unspecified atom stereocenters. The first-order valence-corrected chi connectivity index (χ1v) is 12.7. The maximum atomic E-state index is 13.3. The van der Waals surface area contributed by atoms with Crippen LogP contribution in [0.15, 0.2) is 0 Å². The van der Waals surface area contributed by atoms with Crippen molar-refractivity contribution in [2.24, 2.45) is 11.7 Å². The van der Waals surface area contributed by atoms with Gasteiger partial charge < -0.3 is 26.2 Å². The molecule has 0 aromatic carbocycles. The van der Waals surface area contributed by atoms with Crippen molar-refractivity contribution < 1.29 is 14.4 Å². The molecule has 2 fully saturated rings. The quantitative estimate of drug-likeness (QED) is 0.444. The van der Waals surface area contributed by atoms with Crippen molar-refractivity contribution in [3.05, 3.63) is 0 Å². The van der Waals surface area contributed by atoms with Crippen molar-refractivity contribution in [3.63, 3.8) is 0 Å². The maximum absolute atomic E-state index is 13.3. The number of hydrogen-bond acceptors (Lipinski definition) is 4. The number of nitrogens with two attached hydrogens (primary N) is 1. The van der Waals surface area contributed by atoms with Crippen LogP contribution in [0.25, 0.3) is 0 Å². The third-order valence-corrected chi connectivity index (χ3v) is 7.04. The van der Waals surface area contributed by atoms with Gasteiger partial charge in [-0.3, -0.25) is 9.59 Å². The fraction of sp³-hybridized carbons (Fsp3) is 0.875. The lowest BCUT2D eigenvalue weighted by atomic mass is 9.95. The van der Waals surface area contributed by atoms with Gasteiger partial charge in [-0.2, -0.15) is 0 Å². The summed E-state index contributed by atoms with van der Waals surface area (Å²) in [4.78, 5) is 42.2. The molecule has 8 heteroatoms. The van der Waals surface area contributed by atoms with E-state index >= 15 is 0 Å². The van der Waals surface area contributed by atoms with E-state index < -0.39 is 6.04 Å². The molecule has 1 aliphatic carbocycles. The molecule has 0 bridgehead atoms. The molecule has 1 saturated heterocycles. The lowest BCUT2D eigenvalue weighted by molar-refractivity contribution is -0.140. The van der Waals surface area contributed by atoms with E-state index in [9.17, 15) is 14.4 Å². The summed E-state index contributed by atoms with van der Waals surface area (Å²) in [5.41, 5.74) is 5.51. The van der Waals surface area contributed by atoms with Crippen molar-refractivity contribution in [1.29, 1.82) is 0 Å². The molecule has 32 heavy (non-hydrogen) atoms. The van der Waals surface area contributed by atoms with Crippen LogP contribution in [0.5, 0.6) is 0 Å². The molecule has 0 radical (unpaired) electrons. The summed E-state index contributed by atoms with van der Waals surface area (Å²) < 4.78 is 0. The molecule has 4 amide bonds. The summed E-state index contributed by atoms with van der Waals surface area (Å²) in [6.45, 7) is 8.19. The Balaban J connectivity index is 1.89. The Hall–Kier alpha value is -1.83. The summed E-state index contributed by atoms with van der Waals surface area (Å²) in [5.74, 6) is -0.0495.